The van der Waals surface area contributed by atoms with E-state index in [1.165, 1.54) is 0 Å². The van der Waals surface area contributed by atoms with Crippen LogP contribution in [0.2, 0.25) is 0 Å². The summed E-state index contributed by atoms with van der Waals surface area (Å²) < 4.78 is 0. The van der Waals surface area contributed by atoms with E-state index in [0.717, 1.165) is 24.1 Å². The Balaban J connectivity index is 1.93. The summed E-state index contributed by atoms with van der Waals surface area (Å²) in [6, 6.07) is 7.38. The lowest BCUT2D eigenvalue weighted by Gasteiger charge is -2.33. The van der Waals surface area contributed by atoms with E-state index in [2.05, 4.69) is 5.32 Å². The van der Waals surface area contributed by atoms with Gasteiger partial charge in [-0.05, 0) is 37.3 Å². The predicted molar refractivity (Wildman–Crippen MR) is 68.2 cm³/mol. The summed E-state index contributed by atoms with van der Waals surface area (Å²) in [7, 11) is 0. The Morgan fingerprint density at radius 1 is 1.22 bits per heavy atom. The zero-order chi connectivity index (χ0) is 12.7. The molecule has 4 nitrogen and oxygen atoms in total. The third-order valence-corrected chi connectivity index (χ3v) is 3.65. The number of nitrogens with one attached hydrogen (secondary N) is 1. The Hall–Kier alpha value is -1.84. The molecule has 1 heterocycles. The number of piperazine rings is 1. The summed E-state index contributed by atoms with van der Waals surface area (Å²) in [5.41, 5.74) is 1.87. The average Bonchev–Trinajstić information content (AvgIpc) is 3.17. The van der Waals surface area contributed by atoms with E-state index in [1.54, 1.807) is 4.90 Å². The molecule has 0 aromatic heterocycles. The number of para-hydroxylation sites is 1. The molecule has 2 amide bonds. The SMILES string of the molecule is Cc1ccccc1N1CC(=O)NC(C2CC2)C1=O. The molecule has 1 unspecified atom stereocenters. The fraction of sp³-hybridized carbons (Fsp3) is 0.429. The lowest BCUT2D eigenvalue weighted by atomic mass is 10.1. The predicted octanol–water partition coefficient (Wildman–Crippen LogP) is 1.24. The normalized spacial score (nSPS) is 24.1. The molecule has 1 aliphatic carbocycles. The quantitative estimate of drug-likeness (QED) is 0.850. The highest BCUT2D eigenvalue weighted by Gasteiger charge is 2.43. The van der Waals surface area contributed by atoms with Gasteiger partial charge in [-0.2, -0.15) is 0 Å². The van der Waals surface area contributed by atoms with Crippen molar-refractivity contribution in [3.05, 3.63) is 29.8 Å². The highest BCUT2D eigenvalue weighted by Crippen LogP contribution is 2.35. The highest BCUT2D eigenvalue weighted by atomic mass is 16.2. The van der Waals surface area contributed by atoms with Crippen molar-refractivity contribution < 1.29 is 9.59 Å². The first-order valence-corrected chi connectivity index (χ1v) is 6.33. The molecule has 1 aliphatic heterocycles. The van der Waals surface area contributed by atoms with Crippen LogP contribution in [-0.4, -0.2) is 24.4 Å². The summed E-state index contributed by atoms with van der Waals surface area (Å²) in [4.78, 5) is 25.8. The van der Waals surface area contributed by atoms with Crippen LogP contribution in [0.1, 0.15) is 18.4 Å². The Morgan fingerprint density at radius 2 is 1.94 bits per heavy atom. The number of anilines is 1. The van der Waals surface area contributed by atoms with Crippen LogP contribution in [0.5, 0.6) is 0 Å². The zero-order valence-corrected chi connectivity index (χ0v) is 10.3. The van der Waals surface area contributed by atoms with Gasteiger partial charge in [0.25, 0.3) is 0 Å². The fourth-order valence-corrected chi connectivity index (χ4v) is 2.49. The molecule has 18 heavy (non-hydrogen) atoms. The molecule has 2 fully saturated rings. The van der Waals surface area contributed by atoms with E-state index >= 15 is 0 Å². The molecule has 0 bridgehead atoms. The van der Waals surface area contributed by atoms with Gasteiger partial charge in [0.1, 0.15) is 12.6 Å². The van der Waals surface area contributed by atoms with Crippen LogP contribution in [0, 0.1) is 12.8 Å². The van der Waals surface area contributed by atoms with E-state index in [-0.39, 0.29) is 24.4 Å². The maximum Gasteiger partial charge on any atom is 0.250 e. The summed E-state index contributed by atoms with van der Waals surface area (Å²) in [6.45, 7) is 2.09. The molecular formula is C14H16N2O2. The largest absolute Gasteiger partial charge is 0.342 e. The van der Waals surface area contributed by atoms with E-state index in [1.807, 2.05) is 31.2 Å². The molecule has 1 aromatic rings. The smallest absolute Gasteiger partial charge is 0.250 e. The van der Waals surface area contributed by atoms with Gasteiger partial charge in [-0.15, -0.1) is 0 Å². The first-order chi connectivity index (χ1) is 8.66. The Labute approximate surface area is 106 Å². The summed E-state index contributed by atoms with van der Waals surface area (Å²) in [5, 5.41) is 2.82. The topological polar surface area (TPSA) is 49.4 Å². The van der Waals surface area contributed by atoms with Crippen molar-refractivity contribution in [1.29, 1.82) is 0 Å². The Kier molecular flexibility index (Phi) is 2.58. The Bertz CT molecular complexity index is 508. The lowest BCUT2D eigenvalue weighted by molar-refractivity contribution is -0.131. The molecular weight excluding hydrogens is 228 g/mol. The van der Waals surface area contributed by atoms with Gasteiger partial charge in [-0.3, -0.25) is 9.59 Å². The molecule has 1 atom stereocenters. The van der Waals surface area contributed by atoms with E-state index in [9.17, 15) is 9.59 Å². The second-order valence-corrected chi connectivity index (χ2v) is 5.09. The molecule has 0 spiro atoms. The minimum absolute atomic E-state index is 0.0337. The van der Waals surface area contributed by atoms with Crippen molar-refractivity contribution in [3.8, 4) is 0 Å². The number of benzene rings is 1. The number of nitrogens with zero attached hydrogens (tertiary/aromatic N) is 1. The number of amides is 2. The molecule has 1 aromatic carbocycles. The molecule has 2 aliphatic rings. The van der Waals surface area contributed by atoms with Gasteiger partial charge < -0.3 is 10.2 Å². The third-order valence-electron chi connectivity index (χ3n) is 3.65. The number of hydrogen-bond acceptors (Lipinski definition) is 2. The summed E-state index contributed by atoms with van der Waals surface area (Å²) in [5.74, 6) is 0.314. The highest BCUT2D eigenvalue weighted by molar-refractivity contribution is 6.07. The van der Waals surface area contributed by atoms with Crippen molar-refractivity contribution in [2.45, 2.75) is 25.8 Å². The molecule has 1 saturated carbocycles. The monoisotopic (exact) mass is 244 g/mol. The average molecular weight is 244 g/mol. The van der Waals surface area contributed by atoms with Crippen LogP contribution in [0.15, 0.2) is 24.3 Å². The molecule has 3 rings (SSSR count). The summed E-state index contributed by atoms with van der Waals surface area (Å²) >= 11 is 0. The van der Waals surface area contributed by atoms with Gasteiger partial charge in [0, 0.05) is 5.69 Å². The number of rotatable bonds is 2. The van der Waals surface area contributed by atoms with Gasteiger partial charge in [0.05, 0.1) is 0 Å². The molecule has 0 radical (unpaired) electrons. The zero-order valence-electron chi connectivity index (χ0n) is 10.3. The van der Waals surface area contributed by atoms with Gasteiger partial charge in [0.15, 0.2) is 0 Å². The van der Waals surface area contributed by atoms with Crippen LogP contribution in [-0.2, 0) is 9.59 Å². The lowest BCUT2D eigenvalue weighted by Crippen LogP contribution is -2.59. The van der Waals surface area contributed by atoms with Gasteiger partial charge in [-0.25, -0.2) is 0 Å². The van der Waals surface area contributed by atoms with Crippen LogP contribution in [0.3, 0.4) is 0 Å². The number of aryl methyl sites for hydroxylation is 1. The Morgan fingerprint density at radius 3 is 2.61 bits per heavy atom. The van der Waals surface area contributed by atoms with Crippen LogP contribution < -0.4 is 10.2 Å². The molecule has 4 heteroatoms. The van der Waals surface area contributed by atoms with E-state index in [4.69, 9.17) is 0 Å². The minimum atomic E-state index is -0.314. The standard InChI is InChI=1S/C14H16N2O2/c1-9-4-2-3-5-11(9)16-8-12(17)15-13(14(16)18)10-6-7-10/h2-5,10,13H,6-8H2,1H3,(H,15,17). The van der Waals surface area contributed by atoms with Gasteiger partial charge in [0.2, 0.25) is 11.8 Å². The van der Waals surface area contributed by atoms with Crippen LogP contribution in [0.25, 0.3) is 0 Å². The fourth-order valence-electron chi connectivity index (χ4n) is 2.49. The number of hydrogen-bond donors (Lipinski definition) is 1. The first-order valence-electron chi connectivity index (χ1n) is 6.33. The van der Waals surface area contributed by atoms with Crippen LogP contribution >= 0.6 is 0 Å². The minimum Gasteiger partial charge on any atom is -0.342 e. The van der Waals surface area contributed by atoms with Gasteiger partial charge >= 0.3 is 0 Å². The van der Waals surface area contributed by atoms with Crippen molar-refractivity contribution in [2.75, 3.05) is 11.4 Å². The second kappa shape index (κ2) is 4.12. The van der Waals surface area contributed by atoms with Crippen molar-refractivity contribution in [3.63, 3.8) is 0 Å². The van der Waals surface area contributed by atoms with Crippen LogP contribution in [0.4, 0.5) is 5.69 Å². The maximum absolute atomic E-state index is 12.4. The molecule has 1 saturated heterocycles. The summed E-state index contributed by atoms with van der Waals surface area (Å²) in [6.07, 6.45) is 2.08. The number of carbonyl (C=O) groups excluding carboxylic acids is 2. The second-order valence-electron chi connectivity index (χ2n) is 5.09. The molecule has 1 N–H and O–H groups in total. The maximum atomic E-state index is 12.4. The van der Waals surface area contributed by atoms with Crippen molar-refractivity contribution >= 4 is 17.5 Å². The molecule has 94 valence electrons. The number of carbonyl (C=O) groups is 2. The van der Waals surface area contributed by atoms with Crippen molar-refractivity contribution in [2.24, 2.45) is 5.92 Å². The van der Waals surface area contributed by atoms with E-state index in [0.29, 0.717) is 5.92 Å². The van der Waals surface area contributed by atoms with Crippen molar-refractivity contribution in [1.82, 2.24) is 5.32 Å². The van der Waals surface area contributed by atoms with Gasteiger partial charge in [-0.1, -0.05) is 18.2 Å². The van der Waals surface area contributed by atoms with E-state index < -0.39 is 0 Å². The first kappa shape index (κ1) is 11.3. The third kappa shape index (κ3) is 1.88.